The number of ether oxygens (including phenoxy) is 2. The molecule has 1 atom stereocenters. The molecule has 5 heteroatoms. The van der Waals surface area contributed by atoms with Gasteiger partial charge in [-0.25, -0.2) is 0 Å². The largest absolute Gasteiger partial charge is 0.497 e. The SMILES string of the molecule is CCCn1ncc(OC)c1C(N)Cc1cccc(OC)c1. The topological polar surface area (TPSA) is 62.3 Å². The predicted octanol–water partition coefficient (Wildman–Crippen LogP) is 2.55. The fourth-order valence-electron chi connectivity index (χ4n) is 2.45. The molecule has 0 amide bonds. The molecule has 0 saturated heterocycles. The van der Waals surface area contributed by atoms with E-state index in [1.165, 1.54) is 0 Å². The summed E-state index contributed by atoms with van der Waals surface area (Å²) in [6.07, 6.45) is 3.45. The van der Waals surface area contributed by atoms with Crippen LogP contribution in [0.2, 0.25) is 0 Å². The number of hydrogen-bond acceptors (Lipinski definition) is 4. The second-order valence-corrected chi connectivity index (χ2v) is 4.98. The molecule has 1 heterocycles. The summed E-state index contributed by atoms with van der Waals surface area (Å²) in [7, 11) is 3.31. The van der Waals surface area contributed by atoms with Crippen LogP contribution in [0.15, 0.2) is 30.5 Å². The van der Waals surface area contributed by atoms with Crippen molar-refractivity contribution < 1.29 is 9.47 Å². The summed E-state index contributed by atoms with van der Waals surface area (Å²) in [6.45, 7) is 2.95. The summed E-state index contributed by atoms with van der Waals surface area (Å²) in [5.74, 6) is 1.59. The summed E-state index contributed by atoms with van der Waals surface area (Å²) >= 11 is 0. The molecule has 1 aromatic carbocycles. The molecule has 5 nitrogen and oxygen atoms in total. The van der Waals surface area contributed by atoms with E-state index >= 15 is 0 Å². The van der Waals surface area contributed by atoms with Crippen LogP contribution in [-0.2, 0) is 13.0 Å². The van der Waals surface area contributed by atoms with E-state index < -0.39 is 0 Å². The first-order chi connectivity index (χ1) is 10.2. The highest BCUT2D eigenvalue weighted by Crippen LogP contribution is 2.27. The van der Waals surface area contributed by atoms with Gasteiger partial charge in [-0.15, -0.1) is 0 Å². The highest BCUT2D eigenvalue weighted by molar-refractivity contribution is 5.33. The third-order valence-electron chi connectivity index (χ3n) is 3.44. The van der Waals surface area contributed by atoms with Crippen LogP contribution in [0.5, 0.6) is 11.5 Å². The standard InChI is InChI=1S/C16H23N3O2/c1-4-8-19-16(15(21-3)11-18-19)14(17)10-12-6-5-7-13(9-12)20-2/h5-7,9,11,14H,4,8,10,17H2,1-3H3. The third kappa shape index (κ3) is 3.55. The van der Waals surface area contributed by atoms with E-state index in [0.717, 1.165) is 35.7 Å². The Hall–Kier alpha value is -2.01. The van der Waals surface area contributed by atoms with Gasteiger partial charge in [0.25, 0.3) is 0 Å². The molecule has 0 aliphatic heterocycles. The lowest BCUT2D eigenvalue weighted by molar-refractivity contribution is 0.400. The smallest absolute Gasteiger partial charge is 0.161 e. The Balaban J connectivity index is 2.22. The molecule has 0 saturated carbocycles. The van der Waals surface area contributed by atoms with Gasteiger partial charge in [0.2, 0.25) is 0 Å². The average molecular weight is 289 g/mol. The second-order valence-electron chi connectivity index (χ2n) is 4.98. The van der Waals surface area contributed by atoms with Crippen LogP contribution >= 0.6 is 0 Å². The van der Waals surface area contributed by atoms with E-state index in [9.17, 15) is 0 Å². The molecule has 0 aliphatic carbocycles. The Morgan fingerprint density at radius 1 is 1.29 bits per heavy atom. The Kier molecular flexibility index (Phi) is 5.22. The molecule has 2 aromatic rings. The summed E-state index contributed by atoms with van der Waals surface area (Å²) in [5, 5.41) is 4.36. The van der Waals surface area contributed by atoms with Gasteiger partial charge in [-0.1, -0.05) is 19.1 Å². The Morgan fingerprint density at radius 3 is 2.76 bits per heavy atom. The number of nitrogens with two attached hydrogens (primary N) is 1. The summed E-state index contributed by atoms with van der Waals surface area (Å²) in [4.78, 5) is 0. The van der Waals surface area contributed by atoms with Gasteiger partial charge < -0.3 is 15.2 Å². The summed E-state index contributed by atoms with van der Waals surface area (Å²) in [5.41, 5.74) is 8.47. The minimum absolute atomic E-state index is 0.166. The first-order valence-corrected chi connectivity index (χ1v) is 7.17. The monoisotopic (exact) mass is 289 g/mol. The minimum Gasteiger partial charge on any atom is -0.497 e. The van der Waals surface area contributed by atoms with E-state index in [2.05, 4.69) is 18.1 Å². The normalized spacial score (nSPS) is 12.2. The number of benzene rings is 1. The van der Waals surface area contributed by atoms with Gasteiger partial charge in [0.1, 0.15) is 5.75 Å². The molecule has 2 N–H and O–H groups in total. The van der Waals surface area contributed by atoms with Gasteiger partial charge >= 0.3 is 0 Å². The molecule has 1 aromatic heterocycles. The van der Waals surface area contributed by atoms with Crippen LogP contribution in [0.3, 0.4) is 0 Å². The maximum Gasteiger partial charge on any atom is 0.161 e. The molecule has 0 aliphatic rings. The van der Waals surface area contributed by atoms with Crippen LogP contribution in [0, 0.1) is 0 Å². The molecule has 1 unspecified atom stereocenters. The van der Waals surface area contributed by atoms with Crippen molar-refractivity contribution in [1.82, 2.24) is 9.78 Å². The van der Waals surface area contributed by atoms with Gasteiger partial charge in [0, 0.05) is 6.54 Å². The van der Waals surface area contributed by atoms with Crippen LogP contribution in [0.1, 0.15) is 30.6 Å². The van der Waals surface area contributed by atoms with Crippen LogP contribution in [0.25, 0.3) is 0 Å². The molecule has 0 fully saturated rings. The molecule has 114 valence electrons. The number of aryl methyl sites for hydroxylation is 1. The third-order valence-corrected chi connectivity index (χ3v) is 3.44. The first kappa shape index (κ1) is 15.4. The first-order valence-electron chi connectivity index (χ1n) is 7.17. The Bertz CT molecular complexity index is 581. The molecule has 2 rings (SSSR count). The molecular formula is C16H23N3O2. The molecule has 21 heavy (non-hydrogen) atoms. The van der Waals surface area contributed by atoms with Gasteiger partial charge in [0.15, 0.2) is 5.75 Å². The zero-order valence-corrected chi connectivity index (χ0v) is 12.9. The maximum atomic E-state index is 6.39. The van der Waals surface area contributed by atoms with Gasteiger partial charge in [0.05, 0.1) is 32.2 Å². The van der Waals surface area contributed by atoms with Gasteiger partial charge in [-0.2, -0.15) is 5.10 Å². The summed E-state index contributed by atoms with van der Waals surface area (Å²) in [6, 6.07) is 7.79. The van der Waals surface area contributed by atoms with Gasteiger partial charge in [-0.05, 0) is 30.5 Å². The maximum absolute atomic E-state index is 6.39. The van der Waals surface area contributed by atoms with Crippen molar-refractivity contribution in [3.63, 3.8) is 0 Å². The van der Waals surface area contributed by atoms with E-state index in [-0.39, 0.29) is 6.04 Å². The molecular weight excluding hydrogens is 266 g/mol. The van der Waals surface area contributed by atoms with E-state index in [4.69, 9.17) is 15.2 Å². The highest BCUT2D eigenvalue weighted by atomic mass is 16.5. The number of methoxy groups -OCH3 is 2. The average Bonchev–Trinajstić information content (AvgIpc) is 2.90. The fraction of sp³-hybridized carbons (Fsp3) is 0.438. The van der Waals surface area contributed by atoms with Crippen LogP contribution < -0.4 is 15.2 Å². The number of nitrogens with zero attached hydrogens (tertiary/aromatic N) is 2. The van der Waals surface area contributed by atoms with Crippen molar-refractivity contribution in [2.75, 3.05) is 14.2 Å². The Morgan fingerprint density at radius 2 is 2.10 bits per heavy atom. The summed E-state index contributed by atoms with van der Waals surface area (Å²) < 4.78 is 12.6. The lowest BCUT2D eigenvalue weighted by Crippen LogP contribution is -2.19. The fourth-order valence-corrected chi connectivity index (χ4v) is 2.45. The van der Waals surface area contributed by atoms with Crippen molar-refractivity contribution in [1.29, 1.82) is 0 Å². The van der Waals surface area contributed by atoms with Crippen molar-refractivity contribution >= 4 is 0 Å². The van der Waals surface area contributed by atoms with Crippen molar-refractivity contribution in [2.24, 2.45) is 5.73 Å². The quantitative estimate of drug-likeness (QED) is 0.851. The lowest BCUT2D eigenvalue weighted by Gasteiger charge is -2.16. The molecule has 0 bridgehead atoms. The van der Waals surface area contributed by atoms with Crippen molar-refractivity contribution in [3.8, 4) is 11.5 Å². The lowest BCUT2D eigenvalue weighted by atomic mass is 10.0. The highest BCUT2D eigenvalue weighted by Gasteiger charge is 2.19. The van der Waals surface area contributed by atoms with Crippen molar-refractivity contribution in [3.05, 3.63) is 41.7 Å². The van der Waals surface area contributed by atoms with Crippen LogP contribution in [-0.4, -0.2) is 24.0 Å². The van der Waals surface area contributed by atoms with Gasteiger partial charge in [-0.3, -0.25) is 4.68 Å². The van der Waals surface area contributed by atoms with Crippen molar-refractivity contribution in [2.45, 2.75) is 32.4 Å². The van der Waals surface area contributed by atoms with Crippen LogP contribution in [0.4, 0.5) is 0 Å². The number of hydrogen-bond donors (Lipinski definition) is 1. The Labute approximate surface area is 125 Å². The molecule has 0 radical (unpaired) electrons. The predicted molar refractivity (Wildman–Crippen MR) is 82.7 cm³/mol. The second kappa shape index (κ2) is 7.13. The molecule has 0 spiro atoms. The zero-order valence-electron chi connectivity index (χ0n) is 12.9. The number of aromatic nitrogens is 2. The van der Waals surface area contributed by atoms with E-state index in [1.807, 2.05) is 22.9 Å². The zero-order chi connectivity index (χ0) is 15.2. The van der Waals surface area contributed by atoms with E-state index in [1.54, 1.807) is 20.4 Å². The van der Waals surface area contributed by atoms with E-state index in [0.29, 0.717) is 6.42 Å². The number of rotatable bonds is 7. The minimum atomic E-state index is -0.166.